The lowest BCUT2D eigenvalue weighted by atomic mass is 10.3. The summed E-state index contributed by atoms with van der Waals surface area (Å²) in [5.41, 5.74) is 5.82. The van der Waals surface area contributed by atoms with Gasteiger partial charge in [0, 0.05) is 17.6 Å². The molecule has 0 atom stereocenters. The van der Waals surface area contributed by atoms with Crippen LogP contribution in [0.5, 0.6) is 0 Å². The van der Waals surface area contributed by atoms with Crippen LogP contribution in [-0.2, 0) is 10.0 Å². The lowest BCUT2D eigenvalue weighted by Gasteiger charge is -2.22. The molecule has 1 saturated carbocycles. The molecule has 1 aliphatic rings. The van der Waals surface area contributed by atoms with Crippen LogP contribution >= 0.6 is 23.2 Å². The molecule has 0 spiro atoms. The second-order valence-electron chi connectivity index (χ2n) is 4.40. The van der Waals surface area contributed by atoms with E-state index in [-0.39, 0.29) is 28.2 Å². The summed E-state index contributed by atoms with van der Waals surface area (Å²) in [5.74, 6) is 0. The Morgan fingerprint density at radius 1 is 1.42 bits per heavy atom. The molecule has 104 valence electrons. The number of hydrogen-bond donors (Lipinski definition) is 1. The van der Waals surface area contributed by atoms with Gasteiger partial charge in [-0.1, -0.05) is 29.3 Å². The molecule has 1 aliphatic carbocycles. The Labute approximate surface area is 122 Å². The molecule has 1 aromatic carbocycles. The molecule has 0 aliphatic heterocycles. The van der Waals surface area contributed by atoms with Gasteiger partial charge in [-0.05, 0) is 25.0 Å². The molecule has 0 aromatic heterocycles. The summed E-state index contributed by atoms with van der Waals surface area (Å²) in [4.78, 5) is -0.0766. The molecule has 1 aromatic rings. The fourth-order valence-electron chi connectivity index (χ4n) is 1.90. The second kappa shape index (κ2) is 5.32. The lowest BCUT2D eigenvalue weighted by Crippen LogP contribution is -2.34. The number of nitrogens with two attached hydrogens (primary N) is 1. The first kappa shape index (κ1) is 14.7. The number of halogens is 2. The lowest BCUT2D eigenvalue weighted by molar-refractivity contribution is 0.436. The summed E-state index contributed by atoms with van der Waals surface area (Å²) in [6, 6.07) is 2.78. The molecule has 1 fully saturated rings. The number of hydrogen-bond acceptors (Lipinski definition) is 3. The van der Waals surface area contributed by atoms with E-state index < -0.39 is 10.0 Å². The predicted molar refractivity (Wildman–Crippen MR) is 78.0 cm³/mol. The Balaban J connectivity index is 2.52. The van der Waals surface area contributed by atoms with Gasteiger partial charge in [0.15, 0.2) is 0 Å². The predicted octanol–water partition coefficient (Wildman–Crippen LogP) is 2.91. The van der Waals surface area contributed by atoms with Gasteiger partial charge in [-0.2, -0.15) is 4.31 Å². The summed E-state index contributed by atoms with van der Waals surface area (Å²) >= 11 is 11.8. The Bertz CT molecular complexity index is 589. The molecular formula is C12H14Cl2N2O2S. The Morgan fingerprint density at radius 2 is 2.05 bits per heavy atom. The monoisotopic (exact) mass is 320 g/mol. The van der Waals surface area contributed by atoms with Crippen LogP contribution in [-0.4, -0.2) is 25.3 Å². The number of benzene rings is 1. The highest BCUT2D eigenvalue weighted by atomic mass is 35.5. The van der Waals surface area contributed by atoms with Gasteiger partial charge < -0.3 is 5.73 Å². The SMILES string of the molecule is C=CCN(C1CC1)S(=O)(=O)c1c(N)cc(Cl)cc1Cl. The minimum atomic E-state index is -3.73. The van der Waals surface area contributed by atoms with Crippen LogP contribution in [0.4, 0.5) is 5.69 Å². The first-order valence-corrected chi connectivity index (χ1v) is 7.94. The Morgan fingerprint density at radius 3 is 2.53 bits per heavy atom. The van der Waals surface area contributed by atoms with Crippen LogP contribution in [0.1, 0.15) is 12.8 Å². The summed E-state index contributed by atoms with van der Waals surface area (Å²) in [6.07, 6.45) is 3.24. The molecule has 0 radical (unpaired) electrons. The molecule has 2 rings (SSSR count). The van der Waals surface area contributed by atoms with E-state index in [0.29, 0.717) is 5.02 Å². The third kappa shape index (κ3) is 2.89. The summed E-state index contributed by atoms with van der Waals surface area (Å²) in [6.45, 7) is 3.83. The maximum atomic E-state index is 12.6. The number of rotatable bonds is 5. The van der Waals surface area contributed by atoms with Crippen LogP contribution in [0, 0.1) is 0 Å². The van der Waals surface area contributed by atoms with E-state index in [0.717, 1.165) is 12.8 Å². The van der Waals surface area contributed by atoms with Crippen LogP contribution in [0.15, 0.2) is 29.7 Å². The van der Waals surface area contributed by atoms with Gasteiger partial charge in [0.05, 0.1) is 10.7 Å². The molecule has 4 nitrogen and oxygen atoms in total. The molecule has 0 unspecified atom stereocenters. The Kier molecular flexibility index (Phi) is 4.11. The van der Waals surface area contributed by atoms with Crippen LogP contribution < -0.4 is 5.73 Å². The van der Waals surface area contributed by atoms with Crippen molar-refractivity contribution in [1.29, 1.82) is 0 Å². The minimum absolute atomic E-state index is 0.00847. The quantitative estimate of drug-likeness (QED) is 0.670. The number of nitrogens with zero attached hydrogens (tertiary/aromatic N) is 1. The van der Waals surface area contributed by atoms with Crippen molar-refractivity contribution < 1.29 is 8.42 Å². The first-order valence-electron chi connectivity index (χ1n) is 5.75. The molecule has 0 heterocycles. The van der Waals surface area contributed by atoms with E-state index >= 15 is 0 Å². The van der Waals surface area contributed by atoms with Crippen molar-refractivity contribution >= 4 is 38.9 Å². The van der Waals surface area contributed by atoms with Gasteiger partial charge >= 0.3 is 0 Å². The van der Waals surface area contributed by atoms with Crippen molar-refractivity contribution in [2.45, 2.75) is 23.8 Å². The minimum Gasteiger partial charge on any atom is -0.398 e. The molecule has 7 heteroatoms. The average Bonchev–Trinajstić information content (AvgIpc) is 3.07. The molecule has 19 heavy (non-hydrogen) atoms. The fourth-order valence-corrected chi connectivity index (χ4v) is 4.51. The van der Waals surface area contributed by atoms with Gasteiger partial charge in [0.1, 0.15) is 4.90 Å². The van der Waals surface area contributed by atoms with Crippen LogP contribution in [0.3, 0.4) is 0 Å². The summed E-state index contributed by atoms with van der Waals surface area (Å²) in [7, 11) is -3.73. The second-order valence-corrected chi connectivity index (χ2v) is 7.07. The van der Waals surface area contributed by atoms with E-state index in [9.17, 15) is 8.42 Å². The largest absolute Gasteiger partial charge is 0.398 e. The van der Waals surface area contributed by atoms with E-state index in [1.165, 1.54) is 16.4 Å². The highest BCUT2D eigenvalue weighted by molar-refractivity contribution is 7.89. The van der Waals surface area contributed by atoms with Gasteiger partial charge in [-0.3, -0.25) is 0 Å². The van der Waals surface area contributed by atoms with Crippen molar-refractivity contribution in [3.63, 3.8) is 0 Å². The van der Waals surface area contributed by atoms with Crippen molar-refractivity contribution in [1.82, 2.24) is 4.31 Å². The first-order chi connectivity index (χ1) is 8.87. The van der Waals surface area contributed by atoms with E-state index in [1.54, 1.807) is 6.08 Å². The molecule has 2 N–H and O–H groups in total. The highest BCUT2D eigenvalue weighted by Gasteiger charge is 2.39. The summed E-state index contributed by atoms with van der Waals surface area (Å²) in [5, 5.41) is 0.350. The van der Waals surface area contributed by atoms with Gasteiger partial charge in [0.2, 0.25) is 10.0 Å². The molecular weight excluding hydrogens is 307 g/mol. The maximum Gasteiger partial charge on any atom is 0.247 e. The molecule has 0 amide bonds. The molecule has 0 saturated heterocycles. The zero-order valence-electron chi connectivity index (χ0n) is 10.1. The third-order valence-electron chi connectivity index (χ3n) is 2.87. The van der Waals surface area contributed by atoms with Gasteiger partial charge in [0.25, 0.3) is 0 Å². The van der Waals surface area contributed by atoms with Crippen LogP contribution in [0.25, 0.3) is 0 Å². The number of sulfonamides is 1. The van der Waals surface area contributed by atoms with Gasteiger partial charge in [-0.25, -0.2) is 8.42 Å². The molecule has 0 bridgehead atoms. The highest BCUT2D eigenvalue weighted by Crippen LogP contribution is 2.37. The zero-order valence-corrected chi connectivity index (χ0v) is 12.5. The number of nitrogen functional groups attached to an aromatic ring is 1. The standard InChI is InChI=1S/C12H14Cl2N2O2S/c1-2-5-16(9-3-4-9)19(17,18)12-10(14)6-8(13)7-11(12)15/h2,6-7,9H,1,3-5,15H2. The summed E-state index contributed by atoms with van der Waals surface area (Å²) < 4.78 is 26.6. The van der Waals surface area contributed by atoms with E-state index in [2.05, 4.69) is 6.58 Å². The zero-order chi connectivity index (χ0) is 14.2. The van der Waals surface area contributed by atoms with Crippen molar-refractivity contribution in [3.8, 4) is 0 Å². The van der Waals surface area contributed by atoms with Gasteiger partial charge in [-0.15, -0.1) is 6.58 Å². The van der Waals surface area contributed by atoms with Crippen molar-refractivity contribution in [2.75, 3.05) is 12.3 Å². The average molecular weight is 321 g/mol. The van der Waals surface area contributed by atoms with Crippen molar-refractivity contribution in [2.24, 2.45) is 0 Å². The fraction of sp³-hybridized carbons (Fsp3) is 0.333. The van der Waals surface area contributed by atoms with E-state index in [1.807, 2.05) is 0 Å². The smallest absolute Gasteiger partial charge is 0.247 e. The van der Waals surface area contributed by atoms with Crippen LogP contribution in [0.2, 0.25) is 10.0 Å². The van der Waals surface area contributed by atoms with E-state index in [4.69, 9.17) is 28.9 Å². The topological polar surface area (TPSA) is 63.4 Å². The Hall–Kier alpha value is -0.750. The normalized spacial score (nSPS) is 15.7. The number of anilines is 1. The maximum absolute atomic E-state index is 12.6. The third-order valence-corrected chi connectivity index (χ3v) is 5.53. The van der Waals surface area contributed by atoms with Crippen molar-refractivity contribution in [3.05, 3.63) is 34.8 Å².